The Bertz CT molecular complexity index is 703. The summed E-state index contributed by atoms with van der Waals surface area (Å²) in [5.74, 6) is 3.77. The van der Waals surface area contributed by atoms with E-state index in [1.807, 2.05) is 25.1 Å². The van der Waals surface area contributed by atoms with Crippen LogP contribution in [0.2, 0.25) is 0 Å². The van der Waals surface area contributed by atoms with Gasteiger partial charge in [0.05, 0.1) is 12.6 Å². The van der Waals surface area contributed by atoms with Crippen molar-refractivity contribution in [1.29, 1.82) is 0 Å². The van der Waals surface area contributed by atoms with E-state index < -0.39 is 0 Å². The third-order valence-corrected chi connectivity index (χ3v) is 4.41. The van der Waals surface area contributed by atoms with Crippen LogP contribution >= 0.6 is 0 Å². The van der Waals surface area contributed by atoms with E-state index in [0.717, 1.165) is 49.0 Å². The number of likely N-dealkylation sites (tertiary alicyclic amines) is 1. The van der Waals surface area contributed by atoms with Crippen LogP contribution in [0, 0.1) is 6.92 Å². The normalized spacial score (nSPS) is 19.8. The third-order valence-electron chi connectivity index (χ3n) is 4.41. The lowest BCUT2D eigenvalue weighted by molar-refractivity contribution is 0.173. The average Bonchev–Trinajstić information content (AvgIpc) is 3.31. The number of nitrogens with zero attached hydrogens (tertiary/aromatic N) is 3. The zero-order valence-corrected chi connectivity index (χ0v) is 13.7. The molecule has 0 spiro atoms. The van der Waals surface area contributed by atoms with Crippen molar-refractivity contribution in [2.24, 2.45) is 0 Å². The predicted octanol–water partition coefficient (Wildman–Crippen LogP) is 2.71. The molecule has 1 aromatic carbocycles. The summed E-state index contributed by atoms with van der Waals surface area (Å²) in [5.41, 5.74) is 0. The maximum atomic E-state index is 5.82. The molecule has 2 aliphatic heterocycles. The largest absolute Gasteiger partial charge is 0.493 e. The Kier molecular flexibility index (Phi) is 4.25. The van der Waals surface area contributed by atoms with Crippen LogP contribution in [0.15, 0.2) is 22.7 Å². The molecule has 0 N–H and O–H groups in total. The molecule has 0 aliphatic carbocycles. The lowest BCUT2D eigenvalue weighted by atomic mass is 10.2. The number of hydrogen-bond acceptors (Lipinski definition) is 7. The highest BCUT2D eigenvalue weighted by atomic mass is 16.7. The van der Waals surface area contributed by atoms with E-state index in [9.17, 15) is 0 Å². The van der Waals surface area contributed by atoms with E-state index in [2.05, 4.69) is 15.0 Å². The first kappa shape index (κ1) is 15.3. The van der Waals surface area contributed by atoms with Crippen LogP contribution in [0.5, 0.6) is 17.2 Å². The summed E-state index contributed by atoms with van der Waals surface area (Å²) in [6.45, 7) is 4.80. The number of fused-ring (bicyclic) bond motifs is 1. The van der Waals surface area contributed by atoms with Crippen LogP contribution in [-0.2, 0) is 0 Å². The molecule has 0 unspecified atom stereocenters. The molecule has 0 amide bonds. The topological polar surface area (TPSA) is 69.9 Å². The highest BCUT2D eigenvalue weighted by Gasteiger charge is 2.29. The molecule has 0 bridgehead atoms. The molecule has 0 saturated carbocycles. The fourth-order valence-electron chi connectivity index (χ4n) is 3.26. The van der Waals surface area contributed by atoms with Crippen molar-refractivity contribution >= 4 is 0 Å². The van der Waals surface area contributed by atoms with Crippen molar-refractivity contribution in [1.82, 2.24) is 15.0 Å². The first-order valence-electron chi connectivity index (χ1n) is 8.36. The number of ether oxygens (including phenoxy) is 3. The molecule has 3 heterocycles. The summed E-state index contributed by atoms with van der Waals surface area (Å²) >= 11 is 0. The summed E-state index contributed by atoms with van der Waals surface area (Å²) in [6, 6.07) is 5.94. The van der Waals surface area contributed by atoms with Crippen molar-refractivity contribution in [2.45, 2.75) is 32.2 Å². The van der Waals surface area contributed by atoms with Crippen molar-refractivity contribution in [2.75, 3.05) is 26.5 Å². The van der Waals surface area contributed by atoms with Gasteiger partial charge in [0.25, 0.3) is 0 Å². The standard InChI is InChI=1S/C17H21N3O4/c1-12-18-17(19-24-12)14-4-2-7-20(14)8-3-9-21-13-5-6-15-16(10-13)23-11-22-15/h5-6,10,14H,2-4,7-9,11H2,1H3/t14-/m0/s1. The fourth-order valence-corrected chi connectivity index (χ4v) is 3.26. The molecule has 1 atom stereocenters. The zero-order valence-electron chi connectivity index (χ0n) is 13.7. The van der Waals surface area contributed by atoms with Gasteiger partial charge in [-0.25, -0.2) is 0 Å². The molecule has 2 aromatic rings. The molecule has 4 rings (SSSR count). The third kappa shape index (κ3) is 3.17. The predicted molar refractivity (Wildman–Crippen MR) is 85.3 cm³/mol. The van der Waals surface area contributed by atoms with Gasteiger partial charge < -0.3 is 18.7 Å². The van der Waals surface area contributed by atoms with E-state index in [1.54, 1.807) is 0 Å². The molecular formula is C17H21N3O4. The highest BCUT2D eigenvalue weighted by molar-refractivity contribution is 5.46. The van der Waals surface area contributed by atoms with Crippen molar-refractivity contribution in [3.8, 4) is 17.2 Å². The van der Waals surface area contributed by atoms with Gasteiger partial charge in [-0.05, 0) is 37.9 Å². The van der Waals surface area contributed by atoms with Crippen LogP contribution in [0.3, 0.4) is 0 Å². The smallest absolute Gasteiger partial charge is 0.231 e. The first-order valence-corrected chi connectivity index (χ1v) is 8.36. The Balaban J connectivity index is 1.26. The Hall–Kier alpha value is -2.28. The highest BCUT2D eigenvalue weighted by Crippen LogP contribution is 2.35. The van der Waals surface area contributed by atoms with E-state index in [1.165, 1.54) is 6.42 Å². The Labute approximate surface area is 140 Å². The van der Waals surface area contributed by atoms with Crippen LogP contribution in [0.1, 0.15) is 37.0 Å². The quantitative estimate of drug-likeness (QED) is 0.754. The summed E-state index contributed by atoms with van der Waals surface area (Å²) in [5, 5.41) is 4.07. The van der Waals surface area contributed by atoms with Gasteiger partial charge in [-0.2, -0.15) is 4.98 Å². The minimum Gasteiger partial charge on any atom is -0.493 e. The lowest BCUT2D eigenvalue weighted by Crippen LogP contribution is -2.26. The first-order chi connectivity index (χ1) is 11.8. The Morgan fingerprint density at radius 1 is 1.29 bits per heavy atom. The molecule has 24 heavy (non-hydrogen) atoms. The van der Waals surface area contributed by atoms with Crippen LogP contribution in [0.25, 0.3) is 0 Å². The van der Waals surface area contributed by atoms with Gasteiger partial charge in [0, 0.05) is 19.5 Å². The number of rotatable bonds is 6. The molecular weight excluding hydrogens is 310 g/mol. The maximum Gasteiger partial charge on any atom is 0.231 e. The van der Waals surface area contributed by atoms with Gasteiger partial charge in [0.2, 0.25) is 12.7 Å². The Morgan fingerprint density at radius 3 is 3.08 bits per heavy atom. The second kappa shape index (κ2) is 6.68. The number of hydrogen-bond donors (Lipinski definition) is 0. The summed E-state index contributed by atoms with van der Waals surface area (Å²) < 4.78 is 21.6. The molecule has 128 valence electrons. The number of benzene rings is 1. The molecule has 1 fully saturated rings. The van der Waals surface area contributed by atoms with Gasteiger partial charge in [-0.15, -0.1) is 0 Å². The maximum absolute atomic E-state index is 5.82. The van der Waals surface area contributed by atoms with E-state index in [-0.39, 0.29) is 12.8 Å². The monoisotopic (exact) mass is 331 g/mol. The summed E-state index contributed by atoms with van der Waals surface area (Å²) in [7, 11) is 0. The molecule has 2 aliphatic rings. The average molecular weight is 331 g/mol. The van der Waals surface area contributed by atoms with E-state index in [4.69, 9.17) is 18.7 Å². The minimum absolute atomic E-state index is 0.271. The second-order valence-electron chi connectivity index (χ2n) is 6.08. The lowest BCUT2D eigenvalue weighted by Gasteiger charge is -2.21. The summed E-state index contributed by atoms with van der Waals surface area (Å²) in [4.78, 5) is 6.79. The van der Waals surface area contributed by atoms with Crippen LogP contribution < -0.4 is 14.2 Å². The van der Waals surface area contributed by atoms with Crippen LogP contribution in [-0.4, -0.2) is 41.5 Å². The molecule has 1 aromatic heterocycles. The van der Waals surface area contributed by atoms with Crippen LogP contribution in [0.4, 0.5) is 0 Å². The van der Waals surface area contributed by atoms with Crippen molar-refractivity contribution in [3.63, 3.8) is 0 Å². The molecule has 7 nitrogen and oxygen atoms in total. The number of aryl methyl sites for hydroxylation is 1. The van der Waals surface area contributed by atoms with Gasteiger partial charge in [0.1, 0.15) is 5.75 Å². The van der Waals surface area contributed by atoms with Crippen molar-refractivity contribution < 1.29 is 18.7 Å². The van der Waals surface area contributed by atoms with Gasteiger partial charge in [0.15, 0.2) is 17.3 Å². The fraction of sp³-hybridized carbons (Fsp3) is 0.529. The molecule has 7 heteroatoms. The number of aromatic nitrogens is 2. The molecule has 0 radical (unpaired) electrons. The second-order valence-corrected chi connectivity index (χ2v) is 6.08. The van der Waals surface area contributed by atoms with Gasteiger partial charge in [-0.3, -0.25) is 4.90 Å². The molecule has 1 saturated heterocycles. The van der Waals surface area contributed by atoms with E-state index >= 15 is 0 Å². The zero-order chi connectivity index (χ0) is 16.4. The van der Waals surface area contributed by atoms with Gasteiger partial charge in [-0.1, -0.05) is 5.16 Å². The SMILES string of the molecule is Cc1nc([C@@H]2CCCN2CCCOc2ccc3c(c2)OCO3)no1. The summed E-state index contributed by atoms with van der Waals surface area (Å²) in [6.07, 6.45) is 3.20. The van der Waals surface area contributed by atoms with Gasteiger partial charge >= 0.3 is 0 Å². The van der Waals surface area contributed by atoms with Crippen molar-refractivity contribution in [3.05, 3.63) is 29.9 Å². The Morgan fingerprint density at radius 2 is 2.21 bits per heavy atom. The minimum atomic E-state index is 0.271. The van der Waals surface area contributed by atoms with E-state index in [0.29, 0.717) is 12.5 Å².